The minimum absolute atomic E-state index is 0.881. The van der Waals surface area contributed by atoms with Crippen molar-refractivity contribution >= 4 is 0 Å². The molecule has 2 rings (SSSR count). The average molecular weight is 188 g/mol. The van der Waals surface area contributed by atoms with Crippen molar-refractivity contribution in [2.75, 3.05) is 7.11 Å². The molecule has 0 saturated heterocycles. The summed E-state index contributed by atoms with van der Waals surface area (Å²) in [5.41, 5.74) is 3.34. The van der Waals surface area contributed by atoms with Gasteiger partial charge in [-0.2, -0.15) is 5.10 Å². The van der Waals surface area contributed by atoms with E-state index in [1.807, 2.05) is 18.3 Å². The van der Waals surface area contributed by atoms with E-state index in [0.29, 0.717) is 0 Å². The minimum atomic E-state index is 0.881. The van der Waals surface area contributed by atoms with Crippen LogP contribution in [-0.4, -0.2) is 17.3 Å². The molecule has 0 radical (unpaired) electrons. The third kappa shape index (κ3) is 1.37. The predicted octanol–water partition coefficient (Wildman–Crippen LogP) is 2.39. The average Bonchev–Trinajstić information content (AvgIpc) is 2.70. The van der Waals surface area contributed by atoms with Crippen molar-refractivity contribution in [1.29, 1.82) is 0 Å². The van der Waals surface area contributed by atoms with Crippen LogP contribution in [0.1, 0.15) is 5.56 Å². The highest BCUT2D eigenvalue weighted by Crippen LogP contribution is 2.31. The first-order chi connectivity index (χ1) is 6.83. The van der Waals surface area contributed by atoms with E-state index < -0.39 is 0 Å². The number of ether oxygens (including phenoxy) is 1. The van der Waals surface area contributed by atoms with Gasteiger partial charge in [0, 0.05) is 17.3 Å². The van der Waals surface area contributed by atoms with E-state index in [4.69, 9.17) is 4.74 Å². The molecule has 0 atom stereocenters. The SMILES string of the molecule is COc1cccc(C)c1-c1cn[nH]c1. The zero-order valence-corrected chi connectivity index (χ0v) is 8.24. The van der Waals surface area contributed by atoms with Gasteiger partial charge in [-0.05, 0) is 18.6 Å². The van der Waals surface area contributed by atoms with E-state index >= 15 is 0 Å². The number of hydrogen-bond acceptors (Lipinski definition) is 2. The first kappa shape index (κ1) is 8.81. The maximum atomic E-state index is 5.31. The Labute approximate surface area is 82.7 Å². The molecule has 0 aliphatic carbocycles. The summed E-state index contributed by atoms with van der Waals surface area (Å²) in [7, 11) is 1.68. The molecule has 14 heavy (non-hydrogen) atoms. The molecule has 0 saturated carbocycles. The molecular formula is C11H12N2O. The van der Waals surface area contributed by atoms with Crippen molar-refractivity contribution in [1.82, 2.24) is 10.2 Å². The second-order valence-electron chi connectivity index (χ2n) is 3.14. The van der Waals surface area contributed by atoms with E-state index in [-0.39, 0.29) is 0 Å². The Morgan fingerprint density at radius 3 is 2.86 bits per heavy atom. The van der Waals surface area contributed by atoms with Gasteiger partial charge in [0.25, 0.3) is 0 Å². The van der Waals surface area contributed by atoms with Crippen LogP contribution in [0.5, 0.6) is 5.75 Å². The maximum absolute atomic E-state index is 5.31. The lowest BCUT2D eigenvalue weighted by atomic mass is 10.0. The van der Waals surface area contributed by atoms with Gasteiger partial charge in [-0.15, -0.1) is 0 Å². The molecule has 0 amide bonds. The van der Waals surface area contributed by atoms with Crippen LogP contribution in [0, 0.1) is 6.92 Å². The van der Waals surface area contributed by atoms with Crippen LogP contribution in [0.2, 0.25) is 0 Å². The largest absolute Gasteiger partial charge is 0.496 e. The second-order valence-corrected chi connectivity index (χ2v) is 3.14. The fraction of sp³-hybridized carbons (Fsp3) is 0.182. The van der Waals surface area contributed by atoms with E-state index in [1.54, 1.807) is 13.3 Å². The molecule has 3 heteroatoms. The highest BCUT2D eigenvalue weighted by Gasteiger charge is 2.08. The zero-order valence-electron chi connectivity index (χ0n) is 8.24. The molecule has 0 aliphatic heterocycles. The predicted molar refractivity (Wildman–Crippen MR) is 55.3 cm³/mol. The van der Waals surface area contributed by atoms with E-state index in [0.717, 1.165) is 16.9 Å². The Hall–Kier alpha value is -1.77. The minimum Gasteiger partial charge on any atom is -0.496 e. The summed E-state index contributed by atoms with van der Waals surface area (Å²) in [5, 5.41) is 6.74. The Morgan fingerprint density at radius 1 is 1.36 bits per heavy atom. The van der Waals surface area contributed by atoms with Crippen molar-refractivity contribution in [3.05, 3.63) is 36.2 Å². The van der Waals surface area contributed by atoms with E-state index in [9.17, 15) is 0 Å². The van der Waals surface area contributed by atoms with Crippen LogP contribution in [-0.2, 0) is 0 Å². The van der Waals surface area contributed by atoms with Gasteiger partial charge in [0.05, 0.1) is 13.3 Å². The number of methoxy groups -OCH3 is 1. The molecular weight excluding hydrogens is 176 g/mol. The van der Waals surface area contributed by atoms with Crippen molar-refractivity contribution in [2.24, 2.45) is 0 Å². The summed E-state index contributed by atoms with van der Waals surface area (Å²) in [4.78, 5) is 0. The third-order valence-corrected chi connectivity index (χ3v) is 2.24. The lowest BCUT2D eigenvalue weighted by Crippen LogP contribution is -1.89. The molecule has 1 heterocycles. The highest BCUT2D eigenvalue weighted by molar-refractivity contribution is 5.72. The molecule has 2 aromatic rings. The summed E-state index contributed by atoms with van der Waals surface area (Å²) in [6, 6.07) is 6.00. The molecule has 0 unspecified atom stereocenters. The Balaban J connectivity index is 2.61. The maximum Gasteiger partial charge on any atom is 0.127 e. The van der Waals surface area contributed by atoms with Gasteiger partial charge >= 0.3 is 0 Å². The molecule has 72 valence electrons. The first-order valence-corrected chi connectivity index (χ1v) is 4.45. The Kier molecular flexibility index (Phi) is 2.23. The quantitative estimate of drug-likeness (QED) is 0.785. The Morgan fingerprint density at radius 2 is 2.21 bits per heavy atom. The number of nitrogens with one attached hydrogen (secondary N) is 1. The standard InChI is InChI=1S/C11H12N2O/c1-8-4-3-5-10(14-2)11(8)9-6-12-13-7-9/h3-7H,1-2H3,(H,12,13). The van der Waals surface area contributed by atoms with Crippen molar-refractivity contribution in [3.63, 3.8) is 0 Å². The number of H-pyrrole nitrogens is 1. The lowest BCUT2D eigenvalue weighted by Gasteiger charge is -2.08. The van der Waals surface area contributed by atoms with E-state index in [2.05, 4.69) is 23.2 Å². The Bertz CT molecular complexity index is 421. The molecule has 1 aromatic heterocycles. The number of rotatable bonds is 2. The highest BCUT2D eigenvalue weighted by atomic mass is 16.5. The van der Waals surface area contributed by atoms with Gasteiger partial charge in [0.1, 0.15) is 5.75 Å². The smallest absolute Gasteiger partial charge is 0.127 e. The summed E-state index contributed by atoms with van der Waals surface area (Å²) in [6.07, 6.45) is 3.66. The first-order valence-electron chi connectivity index (χ1n) is 4.45. The number of benzene rings is 1. The second kappa shape index (κ2) is 3.54. The fourth-order valence-electron chi connectivity index (χ4n) is 1.57. The van der Waals surface area contributed by atoms with Crippen LogP contribution in [0.15, 0.2) is 30.6 Å². The van der Waals surface area contributed by atoms with Crippen LogP contribution < -0.4 is 4.74 Å². The van der Waals surface area contributed by atoms with Crippen molar-refractivity contribution in [2.45, 2.75) is 6.92 Å². The molecule has 1 aromatic carbocycles. The van der Waals surface area contributed by atoms with Gasteiger partial charge < -0.3 is 4.74 Å². The number of aryl methyl sites for hydroxylation is 1. The van der Waals surface area contributed by atoms with Gasteiger partial charge in [0.2, 0.25) is 0 Å². The van der Waals surface area contributed by atoms with Crippen molar-refractivity contribution < 1.29 is 4.74 Å². The van der Waals surface area contributed by atoms with Crippen LogP contribution in [0.25, 0.3) is 11.1 Å². The normalized spacial score (nSPS) is 10.1. The van der Waals surface area contributed by atoms with Gasteiger partial charge in [0.15, 0.2) is 0 Å². The molecule has 0 fully saturated rings. The number of nitrogens with zero attached hydrogens (tertiary/aromatic N) is 1. The monoisotopic (exact) mass is 188 g/mol. The number of aromatic amines is 1. The van der Waals surface area contributed by atoms with Gasteiger partial charge in [-0.3, -0.25) is 5.10 Å². The summed E-state index contributed by atoms with van der Waals surface area (Å²) in [5.74, 6) is 0.881. The van der Waals surface area contributed by atoms with Crippen LogP contribution >= 0.6 is 0 Å². The molecule has 1 N–H and O–H groups in total. The number of aromatic nitrogens is 2. The van der Waals surface area contributed by atoms with Crippen LogP contribution in [0.4, 0.5) is 0 Å². The summed E-state index contributed by atoms with van der Waals surface area (Å²) < 4.78 is 5.31. The van der Waals surface area contributed by atoms with Crippen molar-refractivity contribution in [3.8, 4) is 16.9 Å². The van der Waals surface area contributed by atoms with Gasteiger partial charge in [-0.1, -0.05) is 12.1 Å². The third-order valence-electron chi connectivity index (χ3n) is 2.24. The van der Waals surface area contributed by atoms with Gasteiger partial charge in [-0.25, -0.2) is 0 Å². The zero-order chi connectivity index (χ0) is 9.97. The molecule has 0 spiro atoms. The molecule has 3 nitrogen and oxygen atoms in total. The number of hydrogen-bond donors (Lipinski definition) is 1. The lowest BCUT2D eigenvalue weighted by molar-refractivity contribution is 0.416. The fourth-order valence-corrected chi connectivity index (χ4v) is 1.57. The summed E-state index contributed by atoms with van der Waals surface area (Å²) in [6.45, 7) is 2.06. The molecule has 0 aliphatic rings. The van der Waals surface area contributed by atoms with E-state index in [1.165, 1.54) is 5.56 Å². The molecule has 0 bridgehead atoms. The van der Waals surface area contributed by atoms with Crippen LogP contribution in [0.3, 0.4) is 0 Å². The summed E-state index contributed by atoms with van der Waals surface area (Å²) >= 11 is 0. The topological polar surface area (TPSA) is 37.9 Å².